The Morgan fingerprint density at radius 1 is 1.71 bits per heavy atom. The number of nitrogens with two attached hydrogens (primary N) is 1. The predicted molar refractivity (Wildman–Crippen MR) is 58.1 cm³/mol. The molecule has 1 heterocycles. The summed E-state index contributed by atoms with van der Waals surface area (Å²) >= 11 is 4.64. The third-order valence-corrected chi connectivity index (χ3v) is 2.40. The summed E-state index contributed by atoms with van der Waals surface area (Å²) in [5.74, 6) is 0.315. The highest BCUT2D eigenvalue weighted by Gasteiger charge is 2.22. The molecule has 14 heavy (non-hydrogen) atoms. The van der Waals surface area contributed by atoms with Gasteiger partial charge in [-0.3, -0.25) is 5.43 Å². The van der Waals surface area contributed by atoms with Crippen LogP contribution in [-0.2, 0) is 0 Å². The lowest BCUT2D eigenvalue weighted by Gasteiger charge is -2.27. The molecule has 0 aromatic heterocycles. The largest absolute Gasteiger partial charge is 0.375 e. The minimum absolute atomic E-state index is 0.161. The Kier molecular flexibility index (Phi) is 4.59. The number of nitriles is 1. The van der Waals surface area contributed by atoms with Gasteiger partial charge in [-0.05, 0) is 31.6 Å². The summed E-state index contributed by atoms with van der Waals surface area (Å²) in [5, 5.41) is 12.3. The van der Waals surface area contributed by atoms with Crippen LogP contribution in [0.25, 0.3) is 0 Å². The van der Waals surface area contributed by atoms with Gasteiger partial charge in [0.2, 0.25) is 0 Å². The molecule has 1 saturated heterocycles. The fourth-order valence-electron chi connectivity index (χ4n) is 1.57. The van der Waals surface area contributed by atoms with Crippen molar-refractivity contribution in [2.24, 2.45) is 11.7 Å². The van der Waals surface area contributed by atoms with E-state index in [0.717, 1.165) is 25.9 Å². The summed E-state index contributed by atoms with van der Waals surface area (Å²) in [6.45, 7) is 1.90. The zero-order valence-electron chi connectivity index (χ0n) is 7.92. The van der Waals surface area contributed by atoms with E-state index in [1.165, 1.54) is 0 Å². The molecule has 0 aliphatic carbocycles. The lowest BCUT2D eigenvalue weighted by Crippen LogP contribution is -2.51. The van der Waals surface area contributed by atoms with E-state index in [1.54, 1.807) is 0 Å². The molecule has 1 aliphatic heterocycles. The number of thiocarbonyl (C=S) groups is 1. The fourth-order valence-corrected chi connectivity index (χ4v) is 1.63. The van der Waals surface area contributed by atoms with Crippen molar-refractivity contribution in [2.45, 2.75) is 18.9 Å². The normalized spacial score (nSPS) is 23.5. The summed E-state index contributed by atoms with van der Waals surface area (Å²) < 4.78 is 0. The first-order valence-electron chi connectivity index (χ1n) is 4.65. The lowest BCUT2D eigenvalue weighted by atomic mass is 9.93. The molecule has 1 aliphatic rings. The molecule has 78 valence electrons. The first kappa shape index (κ1) is 11.2. The van der Waals surface area contributed by atoms with E-state index in [1.807, 2.05) is 0 Å². The van der Waals surface area contributed by atoms with E-state index in [2.05, 4.69) is 34.5 Å². The molecular formula is C8H15N5S. The summed E-state index contributed by atoms with van der Waals surface area (Å²) in [4.78, 5) is 0. The van der Waals surface area contributed by atoms with Gasteiger partial charge in [0.15, 0.2) is 5.11 Å². The highest BCUT2D eigenvalue weighted by molar-refractivity contribution is 7.80. The quantitative estimate of drug-likeness (QED) is 0.363. The number of nitrogens with one attached hydrogen (secondary N) is 3. The maximum Gasteiger partial charge on any atom is 0.178 e. The standard InChI is InChI=1S/C8H15N5S/c9-4-7(12-13-8(10)14)6-2-1-3-11-5-6/h6-7,11-12H,1-3,5H2,(H3,10,13,14). The fraction of sp³-hybridized carbons (Fsp3) is 0.750. The van der Waals surface area contributed by atoms with Crippen LogP contribution in [0.15, 0.2) is 0 Å². The van der Waals surface area contributed by atoms with Gasteiger partial charge in [-0.15, -0.1) is 0 Å². The number of nitrogens with zero attached hydrogens (tertiary/aromatic N) is 1. The van der Waals surface area contributed by atoms with Crippen LogP contribution in [0.5, 0.6) is 0 Å². The van der Waals surface area contributed by atoms with Gasteiger partial charge in [-0.2, -0.15) is 5.26 Å². The minimum atomic E-state index is -0.246. The van der Waals surface area contributed by atoms with Crippen LogP contribution in [0.4, 0.5) is 0 Å². The maximum absolute atomic E-state index is 8.93. The van der Waals surface area contributed by atoms with Gasteiger partial charge < -0.3 is 11.1 Å². The molecule has 5 nitrogen and oxygen atoms in total. The highest BCUT2D eigenvalue weighted by atomic mass is 32.1. The minimum Gasteiger partial charge on any atom is -0.375 e. The van der Waals surface area contributed by atoms with E-state index in [9.17, 15) is 0 Å². The van der Waals surface area contributed by atoms with Crippen molar-refractivity contribution < 1.29 is 0 Å². The molecule has 2 unspecified atom stereocenters. The average Bonchev–Trinajstić information content (AvgIpc) is 2.20. The van der Waals surface area contributed by atoms with Crippen LogP contribution < -0.4 is 21.9 Å². The molecule has 1 rings (SSSR count). The maximum atomic E-state index is 8.93. The molecule has 0 radical (unpaired) electrons. The van der Waals surface area contributed by atoms with Crippen molar-refractivity contribution in [3.63, 3.8) is 0 Å². The molecule has 0 aromatic carbocycles. The summed E-state index contributed by atoms with van der Waals surface area (Å²) in [6.07, 6.45) is 2.16. The van der Waals surface area contributed by atoms with E-state index in [4.69, 9.17) is 11.0 Å². The predicted octanol–water partition coefficient (Wildman–Crippen LogP) is -0.784. The Morgan fingerprint density at radius 3 is 3.00 bits per heavy atom. The monoisotopic (exact) mass is 213 g/mol. The topological polar surface area (TPSA) is 85.9 Å². The van der Waals surface area contributed by atoms with Gasteiger partial charge in [0, 0.05) is 12.5 Å². The molecule has 0 aromatic rings. The Labute approximate surface area is 89.0 Å². The van der Waals surface area contributed by atoms with Gasteiger partial charge in [0.1, 0.15) is 6.04 Å². The summed E-state index contributed by atoms with van der Waals surface area (Å²) in [6, 6.07) is 1.95. The zero-order valence-corrected chi connectivity index (χ0v) is 8.73. The second-order valence-electron chi connectivity index (χ2n) is 3.35. The molecule has 0 amide bonds. The molecule has 0 saturated carbocycles. The van der Waals surface area contributed by atoms with Crippen molar-refractivity contribution >= 4 is 17.3 Å². The third kappa shape index (κ3) is 3.46. The van der Waals surface area contributed by atoms with Crippen LogP contribution in [0.3, 0.4) is 0 Å². The molecule has 6 heteroatoms. The van der Waals surface area contributed by atoms with Crippen molar-refractivity contribution in [1.29, 1.82) is 5.26 Å². The van der Waals surface area contributed by atoms with Crippen LogP contribution >= 0.6 is 12.2 Å². The van der Waals surface area contributed by atoms with Gasteiger partial charge in [-0.1, -0.05) is 0 Å². The van der Waals surface area contributed by atoms with Crippen molar-refractivity contribution in [1.82, 2.24) is 16.2 Å². The van der Waals surface area contributed by atoms with Crippen molar-refractivity contribution in [3.8, 4) is 6.07 Å². The lowest BCUT2D eigenvalue weighted by molar-refractivity contribution is 0.315. The smallest absolute Gasteiger partial charge is 0.178 e. The van der Waals surface area contributed by atoms with Gasteiger partial charge in [0.25, 0.3) is 0 Å². The average molecular weight is 213 g/mol. The van der Waals surface area contributed by atoms with Crippen LogP contribution in [0.2, 0.25) is 0 Å². The molecule has 1 fully saturated rings. The summed E-state index contributed by atoms with van der Waals surface area (Å²) in [7, 11) is 0. The highest BCUT2D eigenvalue weighted by Crippen LogP contribution is 2.13. The second kappa shape index (κ2) is 5.75. The number of rotatable bonds is 3. The zero-order chi connectivity index (χ0) is 10.4. The van der Waals surface area contributed by atoms with Gasteiger partial charge in [-0.25, -0.2) is 5.43 Å². The molecule has 0 spiro atoms. The molecule has 2 atom stereocenters. The Balaban J connectivity index is 2.36. The van der Waals surface area contributed by atoms with Gasteiger partial charge >= 0.3 is 0 Å². The molecular weight excluding hydrogens is 198 g/mol. The Bertz CT molecular complexity index is 230. The Morgan fingerprint density at radius 2 is 2.50 bits per heavy atom. The first-order valence-corrected chi connectivity index (χ1v) is 5.06. The van der Waals surface area contributed by atoms with Crippen molar-refractivity contribution in [3.05, 3.63) is 0 Å². The second-order valence-corrected chi connectivity index (χ2v) is 3.79. The Hall–Kier alpha value is -0.900. The SMILES string of the molecule is N#CC(NNC(N)=S)C1CCCNC1. The number of piperidine rings is 1. The van der Waals surface area contributed by atoms with Crippen LogP contribution in [-0.4, -0.2) is 24.2 Å². The van der Waals surface area contributed by atoms with E-state index >= 15 is 0 Å². The number of hydrazine groups is 1. The van der Waals surface area contributed by atoms with Crippen molar-refractivity contribution in [2.75, 3.05) is 13.1 Å². The van der Waals surface area contributed by atoms with E-state index < -0.39 is 0 Å². The van der Waals surface area contributed by atoms with Gasteiger partial charge in [0.05, 0.1) is 6.07 Å². The molecule has 5 N–H and O–H groups in total. The first-order chi connectivity index (χ1) is 6.74. The van der Waals surface area contributed by atoms with E-state index in [0.29, 0.717) is 5.92 Å². The molecule has 0 bridgehead atoms. The van der Waals surface area contributed by atoms with E-state index in [-0.39, 0.29) is 11.2 Å². The number of hydrogen-bond donors (Lipinski definition) is 4. The number of hydrogen-bond acceptors (Lipinski definition) is 4. The summed E-state index contributed by atoms with van der Waals surface area (Å²) in [5.41, 5.74) is 10.7. The van der Waals surface area contributed by atoms with Crippen LogP contribution in [0, 0.1) is 17.2 Å². The third-order valence-electron chi connectivity index (χ3n) is 2.30. The van der Waals surface area contributed by atoms with Crippen LogP contribution in [0.1, 0.15) is 12.8 Å².